The molecule has 0 aromatic rings. The summed E-state index contributed by atoms with van der Waals surface area (Å²) in [5.41, 5.74) is 4.04. The minimum absolute atomic E-state index is 0.482. The molecule has 78 valence electrons. The third kappa shape index (κ3) is 2.04. The highest BCUT2D eigenvalue weighted by atomic mass is 32.2. The summed E-state index contributed by atoms with van der Waals surface area (Å²) in [4.78, 5) is 0.482. The smallest absolute Gasteiger partial charge is 0.0273 e. The molecule has 0 bridgehead atoms. The van der Waals surface area contributed by atoms with Crippen molar-refractivity contribution >= 4 is 11.1 Å². The molecule has 1 aliphatic rings. The SMILES string of the molecule is CC1=CCC(C)=C(S(=O)[O-])C(C)=C1C. The zero-order valence-electron chi connectivity index (χ0n) is 9.01. The van der Waals surface area contributed by atoms with Crippen LogP contribution < -0.4 is 0 Å². The van der Waals surface area contributed by atoms with Gasteiger partial charge in [-0.2, -0.15) is 0 Å². The van der Waals surface area contributed by atoms with Crippen molar-refractivity contribution in [2.24, 2.45) is 0 Å². The van der Waals surface area contributed by atoms with Gasteiger partial charge < -0.3 is 4.55 Å². The van der Waals surface area contributed by atoms with Crippen molar-refractivity contribution in [3.8, 4) is 0 Å². The highest BCUT2D eigenvalue weighted by Crippen LogP contribution is 2.29. The first-order valence-electron chi connectivity index (χ1n) is 4.59. The second-order valence-corrected chi connectivity index (χ2v) is 4.56. The number of allylic oxidation sites excluding steroid dienone is 5. The van der Waals surface area contributed by atoms with Gasteiger partial charge in [0, 0.05) is 4.91 Å². The largest absolute Gasteiger partial charge is 0.768 e. The Morgan fingerprint density at radius 3 is 2.29 bits per heavy atom. The van der Waals surface area contributed by atoms with E-state index in [1.54, 1.807) is 0 Å². The fraction of sp³-hybridized carbons (Fsp3) is 0.455. The molecule has 0 heterocycles. The van der Waals surface area contributed by atoms with Gasteiger partial charge in [0.2, 0.25) is 0 Å². The minimum atomic E-state index is -2.12. The van der Waals surface area contributed by atoms with Crippen molar-refractivity contribution in [2.75, 3.05) is 0 Å². The fourth-order valence-corrected chi connectivity index (χ4v) is 2.38. The summed E-state index contributed by atoms with van der Waals surface area (Å²) in [7, 11) is 0. The topological polar surface area (TPSA) is 40.1 Å². The molecule has 0 amide bonds. The van der Waals surface area contributed by atoms with Crippen LogP contribution in [0.15, 0.2) is 33.3 Å². The van der Waals surface area contributed by atoms with Crippen molar-refractivity contribution in [3.63, 3.8) is 0 Å². The summed E-state index contributed by atoms with van der Waals surface area (Å²) in [6.07, 6.45) is 2.80. The van der Waals surface area contributed by atoms with Gasteiger partial charge in [-0.3, -0.25) is 4.21 Å². The van der Waals surface area contributed by atoms with Gasteiger partial charge in [-0.1, -0.05) is 17.2 Å². The molecule has 0 aromatic carbocycles. The van der Waals surface area contributed by atoms with E-state index in [-0.39, 0.29) is 0 Å². The van der Waals surface area contributed by atoms with Crippen LogP contribution in [0.2, 0.25) is 0 Å². The Bertz CT molecular complexity index is 373. The molecule has 0 aromatic heterocycles. The quantitative estimate of drug-likeness (QED) is 0.626. The summed E-state index contributed by atoms with van der Waals surface area (Å²) in [6, 6.07) is 0. The lowest BCUT2D eigenvalue weighted by atomic mass is 10.1. The molecule has 0 saturated heterocycles. The van der Waals surface area contributed by atoms with Gasteiger partial charge in [0.05, 0.1) is 0 Å². The van der Waals surface area contributed by atoms with Gasteiger partial charge in [0.15, 0.2) is 0 Å². The third-order valence-corrected chi connectivity index (χ3v) is 3.75. The molecule has 2 nitrogen and oxygen atoms in total. The molecule has 1 rings (SSSR count). The first-order chi connectivity index (χ1) is 6.45. The van der Waals surface area contributed by atoms with Gasteiger partial charge in [0.1, 0.15) is 0 Å². The highest BCUT2D eigenvalue weighted by molar-refractivity contribution is 7.83. The van der Waals surface area contributed by atoms with Gasteiger partial charge in [-0.15, -0.1) is 0 Å². The lowest BCUT2D eigenvalue weighted by Gasteiger charge is -2.15. The van der Waals surface area contributed by atoms with Crippen LogP contribution >= 0.6 is 0 Å². The van der Waals surface area contributed by atoms with Gasteiger partial charge in [0.25, 0.3) is 0 Å². The Hall–Kier alpha value is -0.670. The zero-order valence-corrected chi connectivity index (χ0v) is 9.83. The van der Waals surface area contributed by atoms with Crippen LogP contribution in [0.5, 0.6) is 0 Å². The van der Waals surface area contributed by atoms with Gasteiger partial charge >= 0.3 is 0 Å². The maximum atomic E-state index is 11.1. The van der Waals surface area contributed by atoms with Crippen molar-refractivity contribution in [1.29, 1.82) is 0 Å². The van der Waals surface area contributed by atoms with E-state index in [4.69, 9.17) is 0 Å². The Morgan fingerprint density at radius 1 is 1.21 bits per heavy atom. The van der Waals surface area contributed by atoms with E-state index in [0.29, 0.717) is 4.91 Å². The predicted molar refractivity (Wildman–Crippen MR) is 58.4 cm³/mol. The van der Waals surface area contributed by atoms with Crippen molar-refractivity contribution in [2.45, 2.75) is 34.1 Å². The average Bonchev–Trinajstić information content (AvgIpc) is 2.19. The predicted octanol–water partition coefficient (Wildman–Crippen LogP) is 2.83. The molecule has 3 heteroatoms. The lowest BCUT2D eigenvalue weighted by Crippen LogP contribution is -1.99. The second-order valence-electron chi connectivity index (χ2n) is 3.69. The molecule has 0 N–H and O–H groups in total. The van der Waals surface area contributed by atoms with Crippen molar-refractivity contribution < 1.29 is 8.76 Å². The fourth-order valence-electron chi connectivity index (χ4n) is 1.61. The van der Waals surface area contributed by atoms with Crippen LogP contribution in [-0.4, -0.2) is 8.76 Å². The molecular formula is C11H15O2S-. The first kappa shape index (κ1) is 11.4. The molecule has 1 atom stereocenters. The average molecular weight is 211 g/mol. The van der Waals surface area contributed by atoms with E-state index in [2.05, 4.69) is 6.08 Å². The molecule has 0 radical (unpaired) electrons. The minimum Gasteiger partial charge on any atom is -0.768 e. The lowest BCUT2D eigenvalue weighted by molar-refractivity contribution is 0.543. The molecule has 1 unspecified atom stereocenters. The van der Waals surface area contributed by atoms with E-state index in [0.717, 1.165) is 23.1 Å². The van der Waals surface area contributed by atoms with Crippen LogP contribution in [0.25, 0.3) is 0 Å². The third-order valence-electron chi connectivity index (χ3n) is 2.76. The monoisotopic (exact) mass is 211 g/mol. The van der Waals surface area contributed by atoms with E-state index < -0.39 is 11.1 Å². The first-order valence-corrected chi connectivity index (χ1v) is 5.66. The summed E-state index contributed by atoms with van der Waals surface area (Å²) < 4.78 is 22.1. The van der Waals surface area contributed by atoms with E-state index in [9.17, 15) is 8.76 Å². The molecule has 0 saturated carbocycles. The Labute approximate surface area is 87.7 Å². The summed E-state index contributed by atoms with van der Waals surface area (Å²) >= 11 is -2.12. The van der Waals surface area contributed by atoms with Crippen LogP contribution in [0.4, 0.5) is 0 Å². The summed E-state index contributed by atoms with van der Waals surface area (Å²) in [6.45, 7) is 7.72. The number of hydrogen-bond donors (Lipinski definition) is 0. The van der Waals surface area contributed by atoms with Gasteiger partial charge in [-0.05, 0) is 56.3 Å². The second kappa shape index (κ2) is 4.24. The van der Waals surface area contributed by atoms with Crippen molar-refractivity contribution in [3.05, 3.63) is 33.3 Å². The van der Waals surface area contributed by atoms with E-state index in [1.165, 1.54) is 5.57 Å². The zero-order chi connectivity index (χ0) is 10.9. The highest BCUT2D eigenvalue weighted by Gasteiger charge is 2.12. The molecule has 0 spiro atoms. The molecule has 1 aliphatic carbocycles. The maximum absolute atomic E-state index is 11.1. The molecule has 0 fully saturated rings. The maximum Gasteiger partial charge on any atom is 0.0273 e. The number of rotatable bonds is 1. The van der Waals surface area contributed by atoms with E-state index >= 15 is 0 Å². The van der Waals surface area contributed by atoms with Crippen LogP contribution in [0.1, 0.15) is 34.1 Å². The Kier molecular flexibility index (Phi) is 3.45. The molecule has 0 aliphatic heterocycles. The van der Waals surface area contributed by atoms with Gasteiger partial charge in [-0.25, -0.2) is 0 Å². The Balaban J connectivity index is 3.35. The standard InChI is InChI=1S/C11H16O2S/c1-7-5-6-8(2)11(14(12)13)10(4)9(7)3/h5H,6H2,1-4H3,(H,12,13)/p-1. The van der Waals surface area contributed by atoms with E-state index in [1.807, 2.05) is 27.7 Å². The van der Waals surface area contributed by atoms with Crippen molar-refractivity contribution in [1.82, 2.24) is 0 Å². The summed E-state index contributed by atoms with van der Waals surface area (Å²) in [5, 5.41) is 0. The Morgan fingerprint density at radius 2 is 1.79 bits per heavy atom. The molecule has 14 heavy (non-hydrogen) atoms. The van der Waals surface area contributed by atoms with Crippen LogP contribution in [0.3, 0.4) is 0 Å². The number of hydrogen-bond acceptors (Lipinski definition) is 2. The van der Waals surface area contributed by atoms with Crippen LogP contribution in [-0.2, 0) is 11.1 Å². The summed E-state index contributed by atoms with van der Waals surface area (Å²) in [5.74, 6) is 0. The normalized spacial score (nSPS) is 20.8. The molecular weight excluding hydrogens is 196 g/mol. The van der Waals surface area contributed by atoms with Crippen LogP contribution in [0, 0.1) is 0 Å².